The molecule has 2 heterocycles. The maximum atomic E-state index is 4.39. The summed E-state index contributed by atoms with van der Waals surface area (Å²) in [7, 11) is 3.84. The number of hydrogen-bond acceptors (Lipinski definition) is 5. The van der Waals surface area contributed by atoms with Gasteiger partial charge in [-0.3, -0.25) is 0 Å². The van der Waals surface area contributed by atoms with Gasteiger partial charge in [-0.15, -0.1) is 11.3 Å². The van der Waals surface area contributed by atoms with Gasteiger partial charge in [-0.1, -0.05) is 0 Å². The Morgan fingerprint density at radius 3 is 3.00 bits per heavy atom. The van der Waals surface area contributed by atoms with E-state index in [0.29, 0.717) is 5.95 Å². The second kappa shape index (κ2) is 5.46. The highest BCUT2D eigenvalue weighted by Crippen LogP contribution is 2.22. The van der Waals surface area contributed by atoms with Crippen LogP contribution in [0.3, 0.4) is 0 Å². The molecule has 17 heavy (non-hydrogen) atoms. The summed E-state index contributed by atoms with van der Waals surface area (Å²) in [5.41, 5.74) is 1.27. The molecule has 1 N–H and O–H groups in total. The van der Waals surface area contributed by atoms with Crippen LogP contribution in [0.4, 0.5) is 11.8 Å². The van der Waals surface area contributed by atoms with Gasteiger partial charge in [0, 0.05) is 26.8 Å². The molecule has 0 unspecified atom stereocenters. The molecular weight excluding hydrogens is 300 g/mol. The zero-order valence-corrected chi connectivity index (χ0v) is 12.0. The molecule has 0 saturated carbocycles. The van der Waals surface area contributed by atoms with E-state index in [1.54, 1.807) is 17.5 Å². The zero-order valence-electron chi connectivity index (χ0n) is 9.64. The molecule has 0 aliphatic rings. The van der Waals surface area contributed by atoms with Crippen LogP contribution in [0.5, 0.6) is 0 Å². The molecule has 0 radical (unpaired) electrons. The Morgan fingerprint density at radius 1 is 1.53 bits per heavy atom. The second-order valence-corrected chi connectivity index (χ2v) is 5.89. The van der Waals surface area contributed by atoms with E-state index in [0.717, 1.165) is 16.1 Å². The lowest BCUT2D eigenvalue weighted by atomic mass is 10.3. The maximum absolute atomic E-state index is 4.39. The van der Waals surface area contributed by atoms with Gasteiger partial charge in [0.25, 0.3) is 0 Å². The van der Waals surface area contributed by atoms with Crippen molar-refractivity contribution in [3.8, 4) is 0 Å². The lowest BCUT2D eigenvalue weighted by Gasteiger charge is -2.17. The third-order valence-corrected chi connectivity index (χ3v) is 3.85. The molecule has 0 spiro atoms. The van der Waals surface area contributed by atoms with E-state index in [1.807, 2.05) is 20.2 Å². The van der Waals surface area contributed by atoms with Crippen LogP contribution in [0.15, 0.2) is 27.5 Å². The summed E-state index contributed by atoms with van der Waals surface area (Å²) >= 11 is 5.16. The molecule has 0 bridgehead atoms. The fourth-order valence-electron chi connectivity index (χ4n) is 1.47. The molecule has 2 aromatic heterocycles. The van der Waals surface area contributed by atoms with Crippen molar-refractivity contribution < 1.29 is 0 Å². The summed E-state index contributed by atoms with van der Waals surface area (Å²) in [6, 6.07) is 4.03. The minimum atomic E-state index is 0.640. The third kappa shape index (κ3) is 3.17. The van der Waals surface area contributed by atoms with Crippen molar-refractivity contribution in [1.82, 2.24) is 9.97 Å². The minimum absolute atomic E-state index is 0.640. The van der Waals surface area contributed by atoms with Gasteiger partial charge in [-0.25, -0.2) is 4.98 Å². The first-order chi connectivity index (χ1) is 8.19. The Morgan fingerprint density at radius 2 is 2.35 bits per heavy atom. The number of halogens is 1. The van der Waals surface area contributed by atoms with Crippen LogP contribution in [0.25, 0.3) is 0 Å². The fraction of sp³-hybridized carbons (Fsp3) is 0.273. The highest BCUT2D eigenvalue weighted by atomic mass is 79.9. The first-order valence-corrected chi connectivity index (χ1v) is 6.81. The molecule has 0 atom stereocenters. The Kier molecular flexibility index (Phi) is 3.96. The number of rotatable bonds is 4. The van der Waals surface area contributed by atoms with Crippen LogP contribution in [-0.2, 0) is 6.54 Å². The minimum Gasteiger partial charge on any atom is -0.357 e. The molecule has 0 aromatic carbocycles. The molecule has 0 saturated heterocycles. The standard InChI is InChI=1S/C11H13BrN4S/c1-13-11-14-4-3-10(15-11)16(2)6-8-5-9(12)17-7-8/h3-5,7H,6H2,1-2H3,(H,13,14,15). The Balaban J connectivity index is 2.11. The van der Waals surface area contributed by atoms with Gasteiger partial charge in [0.2, 0.25) is 5.95 Å². The monoisotopic (exact) mass is 312 g/mol. The summed E-state index contributed by atoms with van der Waals surface area (Å²) in [6.45, 7) is 0.836. The molecule has 0 aliphatic heterocycles. The van der Waals surface area contributed by atoms with Crippen LogP contribution in [0.1, 0.15) is 5.56 Å². The molecule has 4 nitrogen and oxygen atoms in total. The smallest absolute Gasteiger partial charge is 0.224 e. The number of anilines is 2. The lowest BCUT2D eigenvalue weighted by Crippen LogP contribution is -2.17. The SMILES string of the molecule is CNc1nccc(N(C)Cc2csc(Br)c2)n1. The normalized spacial score (nSPS) is 10.3. The largest absolute Gasteiger partial charge is 0.357 e. The molecule has 6 heteroatoms. The molecular formula is C11H13BrN4S. The van der Waals surface area contributed by atoms with Crippen molar-refractivity contribution in [3.05, 3.63) is 33.1 Å². The topological polar surface area (TPSA) is 41.1 Å². The predicted octanol–water partition coefficient (Wildman–Crippen LogP) is 2.98. The van der Waals surface area contributed by atoms with E-state index in [1.165, 1.54) is 5.56 Å². The van der Waals surface area contributed by atoms with Crippen molar-refractivity contribution in [2.24, 2.45) is 0 Å². The van der Waals surface area contributed by atoms with Gasteiger partial charge in [0.15, 0.2) is 0 Å². The molecule has 2 aromatic rings. The van der Waals surface area contributed by atoms with Crippen molar-refractivity contribution in [2.45, 2.75) is 6.54 Å². The number of nitrogens with one attached hydrogen (secondary N) is 1. The van der Waals surface area contributed by atoms with Crippen molar-refractivity contribution in [1.29, 1.82) is 0 Å². The quantitative estimate of drug-likeness (QED) is 0.942. The first-order valence-electron chi connectivity index (χ1n) is 5.14. The van der Waals surface area contributed by atoms with Crippen LogP contribution in [0, 0.1) is 0 Å². The molecule has 0 fully saturated rings. The van der Waals surface area contributed by atoms with E-state index in [2.05, 4.69) is 47.6 Å². The highest BCUT2D eigenvalue weighted by Gasteiger charge is 2.06. The molecule has 2 rings (SSSR count). The van der Waals surface area contributed by atoms with E-state index in [-0.39, 0.29) is 0 Å². The summed E-state index contributed by atoms with van der Waals surface area (Å²) in [4.78, 5) is 10.6. The van der Waals surface area contributed by atoms with E-state index >= 15 is 0 Å². The van der Waals surface area contributed by atoms with Crippen molar-refractivity contribution >= 4 is 39.0 Å². The number of thiophene rings is 1. The number of aromatic nitrogens is 2. The van der Waals surface area contributed by atoms with Crippen molar-refractivity contribution in [3.63, 3.8) is 0 Å². The first kappa shape index (κ1) is 12.3. The summed E-state index contributed by atoms with van der Waals surface area (Å²) < 4.78 is 1.15. The van der Waals surface area contributed by atoms with Crippen LogP contribution >= 0.6 is 27.3 Å². The van der Waals surface area contributed by atoms with Gasteiger partial charge in [0.05, 0.1) is 3.79 Å². The predicted molar refractivity (Wildman–Crippen MR) is 75.7 cm³/mol. The van der Waals surface area contributed by atoms with Gasteiger partial charge >= 0.3 is 0 Å². The van der Waals surface area contributed by atoms with Crippen LogP contribution in [-0.4, -0.2) is 24.1 Å². The molecule has 0 aliphatic carbocycles. The Bertz CT molecular complexity index is 500. The lowest BCUT2D eigenvalue weighted by molar-refractivity contribution is 0.895. The van der Waals surface area contributed by atoms with Gasteiger partial charge in [0.1, 0.15) is 5.82 Å². The fourth-order valence-corrected chi connectivity index (χ4v) is 2.67. The summed E-state index contributed by atoms with van der Waals surface area (Å²) in [6.07, 6.45) is 1.76. The highest BCUT2D eigenvalue weighted by molar-refractivity contribution is 9.11. The van der Waals surface area contributed by atoms with E-state index in [4.69, 9.17) is 0 Å². The number of hydrogen-bond donors (Lipinski definition) is 1. The van der Waals surface area contributed by atoms with Crippen LogP contribution in [0.2, 0.25) is 0 Å². The van der Waals surface area contributed by atoms with Crippen LogP contribution < -0.4 is 10.2 Å². The molecule has 0 amide bonds. The van der Waals surface area contributed by atoms with E-state index in [9.17, 15) is 0 Å². The second-order valence-electron chi connectivity index (χ2n) is 3.60. The Labute approximate surface area is 113 Å². The van der Waals surface area contributed by atoms with Gasteiger partial charge < -0.3 is 10.2 Å². The van der Waals surface area contributed by atoms with Crippen molar-refractivity contribution in [2.75, 3.05) is 24.3 Å². The van der Waals surface area contributed by atoms with E-state index < -0.39 is 0 Å². The maximum Gasteiger partial charge on any atom is 0.224 e. The van der Waals surface area contributed by atoms with Gasteiger partial charge in [-0.05, 0) is 39.0 Å². The number of nitrogens with zero attached hydrogens (tertiary/aromatic N) is 3. The van der Waals surface area contributed by atoms with Gasteiger partial charge in [-0.2, -0.15) is 4.98 Å². The average molecular weight is 313 g/mol. The molecule has 90 valence electrons. The third-order valence-electron chi connectivity index (χ3n) is 2.30. The summed E-state index contributed by atoms with van der Waals surface area (Å²) in [5.74, 6) is 1.55. The summed E-state index contributed by atoms with van der Waals surface area (Å²) in [5, 5.41) is 5.08. The Hall–Kier alpha value is -1.14. The average Bonchev–Trinajstić information content (AvgIpc) is 2.75. The zero-order chi connectivity index (χ0) is 12.3.